The molecule has 82 valence electrons. The highest BCUT2D eigenvalue weighted by molar-refractivity contribution is 5.60. The van der Waals surface area contributed by atoms with Gasteiger partial charge in [-0.25, -0.2) is 9.97 Å². The average molecular weight is 224 g/mol. The molecule has 5 heteroatoms. The Morgan fingerprint density at radius 3 is 1.88 bits per heavy atom. The Labute approximate surface area is 89.8 Å². The average Bonchev–Trinajstić information content (AvgIpc) is 2.29. The number of aromatic nitrogens is 2. The second-order valence-electron chi connectivity index (χ2n) is 3.16. The largest absolute Gasteiger partial charge is 0.451 e. The molecule has 0 aliphatic rings. The molecular formula is C11H7F3N2. The van der Waals surface area contributed by atoms with Crippen LogP contribution in [0.1, 0.15) is 5.82 Å². The molecule has 2 rings (SSSR count). The zero-order valence-corrected chi connectivity index (χ0v) is 8.07. The van der Waals surface area contributed by atoms with Crippen molar-refractivity contribution in [2.45, 2.75) is 6.18 Å². The highest BCUT2D eigenvalue weighted by Gasteiger charge is 2.34. The maximum Gasteiger partial charge on any atom is 0.451 e. The molecule has 0 radical (unpaired) electrons. The van der Waals surface area contributed by atoms with Crippen LogP contribution in [-0.2, 0) is 6.18 Å². The summed E-state index contributed by atoms with van der Waals surface area (Å²) >= 11 is 0. The van der Waals surface area contributed by atoms with Crippen LogP contribution in [0.15, 0.2) is 42.7 Å². The van der Waals surface area contributed by atoms with Crippen molar-refractivity contribution in [3.05, 3.63) is 48.5 Å². The van der Waals surface area contributed by atoms with E-state index in [1.807, 2.05) is 6.07 Å². The van der Waals surface area contributed by atoms with E-state index in [-0.39, 0.29) is 0 Å². The zero-order chi connectivity index (χ0) is 11.6. The molecule has 16 heavy (non-hydrogen) atoms. The summed E-state index contributed by atoms with van der Waals surface area (Å²) in [5.74, 6) is -1.12. The fourth-order valence-electron chi connectivity index (χ4n) is 1.25. The van der Waals surface area contributed by atoms with Crippen LogP contribution in [-0.4, -0.2) is 9.97 Å². The molecule has 1 aromatic carbocycles. The van der Waals surface area contributed by atoms with Gasteiger partial charge in [0.2, 0.25) is 5.82 Å². The number of benzene rings is 1. The molecule has 0 atom stereocenters. The number of nitrogens with zero attached hydrogens (tertiary/aromatic N) is 2. The third-order valence-corrected chi connectivity index (χ3v) is 2.01. The molecule has 0 unspecified atom stereocenters. The van der Waals surface area contributed by atoms with Crippen molar-refractivity contribution in [3.8, 4) is 11.1 Å². The van der Waals surface area contributed by atoms with Crippen molar-refractivity contribution in [2.24, 2.45) is 0 Å². The van der Waals surface area contributed by atoms with E-state index in [0.717, 1.165) is 5.56 Å². The van der Waals surface area contributed by atoms with Crippen LogP contribution in [0.3, 0.4) is 0 Å². The Kier molecular flexibility index (Phi) is 2.60. The lowest BCUT2D eigenvalue weighted by Gasteiger charge is -2.05. The Balaban J connectivity index is 2.34. The van der Waals surface area contributed by atoms with Crippen molar-refractivity contribution in [1.82, 2.24) is 9.97 Å². The van der Waals surface area contributed by atoms with Gasteiger partial charge in [0.25, 0.3) is 0 Å². The van der Waals surface area contributed by atoms with Crippen LogP contribution < -0.4 is 0 Å². The lowest BCUT2D eigenvalue weighted by Crippen LogP contribution is -2.10. The number of rotatable bonds is 1. The minimum Gasteiger partial charge on any atom is -0.232 e. The molecule has 0 N–H and O–H groups in total. The van der Waals surface area contributed by atoms with E-state index < -0.39 is 12.0 Å². The Hall–Kier alpha value is -1.91. The topological polar surface area (TPSA) is 25.8 Å². The third-order valence-electron chi connectivity index (χ3n) is 2.01. The van der Waals surface area contributed by atoms with E-state index in [9.17, 15) is 13.2 Å². The summed E-state index contributed by atoms with van der Waals surface area (Å²) in [5, 5.41) is 0. The van der Waals surface area contributed by atoms with Gasteiger partial charge in [0.15, 0.2) is 0 Å². The highest BCUT2D eigenvalue weighted by atomic mass is 19.4. The second kappa shape index (κ2) is 3.92. The molecule has 0 aliphatic carbocycles. The van der Waals surface area contributed by atoms with Crippen LogP contribution in [0.4, 0.5) is 13.2 Å². The zero-order valence-electron chi connectivity index (χ0n) is 8.07. The summed E-state index contributed by atoms with van der Waals surface area (Å²) in [7, 11) is 0. The molecule has 0 amide bonds. The maximum absolute atomic E-state index is 12.2. The third kappa shape index (κ3) is 2.18. The fraction of sp³-hybridized carbons (Fsp3) is 0.0909. The molecule has 2 aromatic rings. The number of hydrogen-bond donors (Lipinski definition) is 0. The van der Waals surface area contributed by atoms with Crippen molar-refractivity contribution in [1.29, 1.82) is 0 Å². The van der Waals surface area contributed by atoms with Gasteiger partial charge >= 0.3 is 6.18 Å². The van der Waals surface area contributed by atoms with Gasteiger partial charge in [0, 0.05) is 18.0 Å². The van der Waals surface area contributed by atoms with E-state index in [1.165, 1.54) is 12.4 Å². The lowest BCUT2D eigenvalue weighted by molar-refractivity contribution is -0.144. The van der Waals surface area contributed by atoms with Crippen molar-refractivity contribution in [2.75, 3.05) is 0 Å². The van der Waals surface area contributed by atoms with Crippen molar-refractivity contribution >= 4 is 0 Å². The monoisotopic (exact) mass is 224 g/mol. The van der Waals surface area contributed by atoms with E-state index in [4.69, 9.17) is 0 Å². The van der Waals surface area contributed by atoms with E-state index in [2.05, 4.69) is 9.97 Å². The summed E-state index contributed by atoms with van der Waals surface area (Å²) < 4.78 is 36.6. The molecule has 0 saturated heterocycles. The SMILES string of the molecule is FC(F)(F)c1ncc(-c2ccccc2)cn1. The van der Waals surface area contributed by atoms with Crippen molar-refractivity contribution < 1.29 is 13.2 Å². The Morgan fingerprint density at radius 2 is 1.38 bits per heavy atom. The standard InChI is InChI=1S/C11H7F3N2/c12-11(13,14)10-15-6-9(7-16-10)8-4-2-1-3-5-8/h1-7H. The molecule has 1 heterocycles. The fourth-order valence-corrected chi connectivity index (χ4v) is 1.25. The van der Waals surface area contributed by atoms with Gasteiger partial charge in [-0.05, 0) is 5.56 Å². The van der Waals surface area contributed by atoms with Gasteiger partial charge in [0.05, 0.1) is 0 Å². The smallest absolute Gasteiger partial charge is 0.232 e. The second-order valence-corrected chi connectivity index (χ2v) is 3.16. The summed E-state index contributed by atoms with van der Waals surface area (Å²) in [6, 6.07) is 8.99. The van der Waals surface area contributed by atoms with E-state index in [1.54, 1.807) is 24.3 Å². The van der Waals surface area contributed by atoms with Crippen LogP contribution in [0.5, 0.6) is 0 Å². The summed E-state index contributed by atoms with van der Waals surface area (Å²) in [4.78, 5) is 6.58. The summed E-state index contributed by atoms with van der Waals surface area (Å²) in [6.45, 7) is 0. The predicted octanol–water partition coefficient (Wildman–Crippen LogP) is 3.16. The molecule has 0 saturated carbocycles. The van der Waals surface area contributed by atoms with Crippen LogP contribution in [0, 0.1) is 0 Å². The summed E-state index contributed by atoms with van der Waals surface area (Å²) in [6.07, 6.45) is -2.15. The highest BCUT2D eigenvalue weighted by Crippen LogP contribution is 2.26. The molecule has 0 aliphatic heterocycles. The van der Waals surface area contributed by atoms with Gasteiger partial charge < -0.3 is 0 Å². The predicted molar refractivity (Wildman–Crippen MR) is 52.5 cm³/mol. The molecule has 0 fully saturated rings. The molecule has 0 bridgehead atoms. The first-order chi connectivity index (χ1) is 7.57. The maximum atomic E-state index is 12.2. The molecule has 1 aromatic heterocycles. The molecule has 2 nitrogen and oxygen atoms in total. The van der Waals surface area contributed by atoms with Crippen molar-refractivity contribution in [3.63, 3.8) is 0 Å². The lowest BCUT2D eigenvalue weighted by atomic mass is 10.1. The van der Waals surface area contributed by atoms with E-state index >= 15 is 0 Å². The first-order valence-corrected chi connectivity index (χ1v) is 4.52. The minimum atomic E-state index is -4.49. The molecular weight excluding hydrogens is 217 g/mol. The van der Waals surface area contributed by atoms with Gasteiger partial charge in [-0.15, -0.1) is 0 Å². The Bertz CT molecular complexity index is 463. The van der Waals surface area contributed by atoms with E-state index in [0.29, 0.717) is 5.56 Å². The Morgan fingerprint density at radius 1 is 0.812 bits per heavy atom. The summed E-state index contributed by atoms with van der Waals surface area (Å²) in [5.41, 5.74) is 1.35. The number of alkyl halides is 3. The van der Waals surface area contributed by atoms with Gasteiger partial charge in [0.1, 0.15) is 0 Å². The first kappa shape index (κ1) is 10.6. The van der Waals surface area contributed by atoms with Gasteiger partial charge in [-0.1, -0.05) is 30.3 Å². The van der Waals surface area contributed by atoms with Crippen LogP contribution >= 0.6 is 0 Å². The van der Waals surface area contributed by atoms with Gasteiger partial charge in [-0.2, -0.15) is 13.2 Å². The molecule has 0 spiro atoms. The number of halogens is 3. The first-order valence-electron chi connectivity index (χ1n) is 4.52. The number of hydrogen-bond acceptors (Lipinski definition) is 2. The van der Waals surface area contributed by atoms with Crippen LogP contribution in [0.2, 0.25) is 0 Å². The minimum absolute atomic E-state index is 0.564. The van der Waals surface area contributed by atoms with Crippen LogP contribution in [0.25, 0.3) is 11.1 Å². The normalized spacial score (nSPS) is 11.4. The van der Waals surface area contributed by atoms with Gasteiger partial charge in [-0.3, -0.25) is 0 Å². The quantitative estimate of drug-likeness (QED) is 0.743.